The molecule has 128 valence electrons. The first kappa shape index (κ1) is 18.3. The quantitative estimate of drug-likeness (QED) is 0.487. The number of halogens is 3. The van der Waals surface area contributed by atoms with E-state index < -0.39 is 11.7 Å². The molecule has 5 heteroatoms. The van der Waals surface area contributed by atoms with Crippen LogP contribution in [0.1, 0.15) is 12.5 Å². The fraction of sp³-hybridized carbons (Fsp3) is 0.100. The van der Waals surface area contributed by atoms with E-state index in [2.05, 4.69) is 23.9 Å². The zero-order valence-corrected chi connectivity index (χ0v) is 13.7. The highest BCUT2D eigenvalue weighted by atomic mass is 19.3. The molecule has 0 aliphatic rings. The molecule has 0 N–H and O–H groups in total. The maximum Gasteiger partial charge on any atom is 0.270 e. The molecule has 0 unspecified atom stereocenters. The Bertz CT molecular complexity index is 844. The second kappa shape index (κ2) is 7.69. The highest BCUT2D eigenvalue weighted by Crippen LogP contribution is 2.32. The fourth-order valence-electron chi connectivity index (χ4n) is 2.18. The van der Waals surface area contributed by atoms with Gasteiger partial charge in [0.1, 0.15) is 11.6 Å². The van der Waals surface area contributed by atoms with E-state index in [0.717, 1.165) is 13.0 Å². The molecule has 2 aromatic rings. The first-order chi connectivity index (χ1) is 11.9. The van der Waals surface area contributed by atoms with E-state index >= 15 is 0 Å². The number of nitrogens with zero attached hydrogens (tertiary/aromatic N) is 2. The number of anilines is 1. The van der Waals surface area contributed by atoms with Crippen LogP contribution in [-0.4, -0.2) is 4.98 Å². The Kier molecular flexibility index (Phi) is 5.63. The summed E-state index contributed by atoms with van der Waals surface area (Å²) in [5.41, 5.74) is 2.98. The number of alkyl halides is 2. The van der Waals surface area contributed by atoms with E-state index in [1.54, 1.807) is 35.4 Å². The summed E-state index contributed by atoms with van der Waals surface area (Å²) in [5.74, 6) is -3.30. The van der Waals surface area contributed by atoms with Crippen LogP contribution in [0.15, 0.2) is 80.0 Å². The minimum atomic E-state index is -3.09. The van der Waals surface area contributed by atoms with Crippen molar-refractivity contribution in [3.8, 4) is 11.1 Å². The van der Waals surface area contributed by atoms with Gasteiger partial charge in [-0.05, 0) is 35.9 Å². The molecule has 0 bridgehead atoms. The molecular formula is C20H17F3N2. The molecule has 1 heterocycles. The topological polar surface area (TPSA) is 16.1 Å². The Morgan fingerprint density at radius 2 is 2.00 bits per heavy atom. The van der Waals surface area contributed by atoms with Crippen molar-refractivity contribution in [3.63, 3.8) is 0 Å². The average Bonchev–Trinajstić information content (AvgIpc) is 2.58. The summed E-state index contributed by atoms with van der Waals surface area (Å²) in [4.78, 5) is 5.84. The zero-order valence-electron chi connectivity index (χ0n) is 13.7. The van der Waals surface area contributed by atoms with Gasteiger partial charge in [0.25, 0.3) is 5.92 Å². The zero-order chi connectivity index (χ0) is 18.4. The number of hydrogen-bond acceptors (Lipinski definition) is 2. The lowest BCUT2D eigenvalue weighted by Gasteiger charge is -2.15. The van der Waals surface area contributed by atoms with Crippen LogP contribution in [0.25, 0.3) is 11.1 Å². The van der Waals surface area contributed by atoms with E-state index in [1.165, 1.54) is 24.5 Å². The van der Waals surface area contributed by atoms with E-state index in [-0.39, 0.29) is 11.1 Å². The van der Waals surface area contributed by atoms with Crippen LogP contribution >= 0.6 is 0 Å². The summed E-state index contributed by atoms with van der Waals surface area (Å²) in [7, 11) is 0. The summed E-state index contributed by atoms with van der Waals surface area (Å²) in [5, 5.41) is 0. The predicted molar refractivity (Wildman–Crippen MR) is 94.7 cm³/mol. The fourth-order valence-corrected chi connectivity index (χ4v) is 2.18. The van der Waals surface area contributed by atoms with Crippen LogP contribution in [0.3, 0.4) is 0 Å². The van der Waals surface area contributed by atoms with Crippen molar-refractivity contribution >= 4 is 5.82 Å². The SMILES string of the molecule is C=C=C/C=C\N(C=C)c1cc(-c2ccc(C(C)(F)F)cc2F)ccn1. The molecule has 25 heavy (non-hydrogen) atoms. The molecule has 0 saturated heterocycles. The van der Waals surface area contributed by atoms with Gasteiger partial charge >= 0.3 is 0 Å². The van der Waals surface area contributed by atoms with E-state index in [1.807, 2.05) is 0 Å². The van der Waals surface area contributed by atoms with Crippen LogP contribution in [0.5, 0.6) is 0 Å². The molecule has 1 aromatic carbocycles. The van der Waals surface area contributed by atoms with Crippen molar-refractivity contribution in [3.05, 3.63) is 91.4 Å². The molecule has 1 aromatic heterocycles. The maximum atomic E-state index is 14.3. The number of pyridine rings is 1. The lowest BCUT2D eigenvalue weighted by atomic mass is 10.0. The highest BCUT2D eigenvalue weighted by Gasteiger charge is 2.25. The molecule has 0 amide bonds. The van der Waals surface area contributed by atoms with Gasteiger partial charge in [-0.15, -0.1) is 5.73 Å². The van der Waals surface area contributed by atoms with Crippen molar-refractivity contribution in [2.24, 2.45) is 0 Å². The second-order valence-electron chi connectivity index (χ2n) is 5.29. The van der Waals surface area contributed by atoms with Gasteiger partial charge in [-0.25, -0.2) is 18.2 Å². The number of benzene rings is 1. The third-order valence-corrected chi connectivity index (χ3v) is 3.45. The number of rotatable bonds is 6. The van der Waals surface area contributed by atoms with Crippen molar-refractivity contribution in [1.29, 1.82) is 0 Å². The first-order valence-corrected chi connectivity index (χ1v) is 7.44. The Morgan fingerprint density at radius 1 is 1.24 bits per heavy atom. The van der Waals surface area contributed by atoms with Gasteiger partial charge in [0.15, 0.2) is 0 Å². The number of hydrogen-bond donors (Lipinski definition) is 0. The van der Waals surface area contributed by atoms with Crippen molar-refractivity contribution in [2.75, 3.05) is 4.90 Å². The Balaban J connectivity index is 2.41. The van der Waals surface area contributed by atoms with Crippen molar-refractivity contribution < 1.29 is 13.2 Å². The summed E-state index contributed by atoms with van der Waals surface area (Å²) in [6.07, 6.45) is 8.05. The molecule has 0 aliphatic heterocycles. The van der Waals surface area contributed by atoms with Crippen LogP contribution in [-0.2, 0) is 5.92 Å². The molecule has 0 spiro atoms. The third-order valence-electron chi connectivity index (χ3n) is 3.45. The number of aromatic nitrogens is 1. The largest absolute Gasteiger partial charge is 0.309 e. The molecule has 0 fully saturated rings. The lowest BCUT2D eigenvalue weighted by Crippen LogP contribution is -2.08. The first-order valence-electron chi connectivity index (χ1n) is 7.44. The van der Waals surface area contributed by atoms with Gasteiger partial charge in [0.05, 0.1) is 0 Å². The molecule has 0 saturated carbocycles. The van der Waals surface area contributed by atoms with Gasteiger partial charge < -0.3 is 4.90 Å². The van der Waals surface area contributed by atoms with Crippen molar-refractivity contribution in [2.45, 2.75) is 12.8 Å². The minimum Gasteiger partial charge on any atom is -0.309 e. The summed E-state index contributed by atoms with van der Waals surface area (Å²) in [6.45, 7) is 7.89. The molecule has 0 radical (unpaired) electrons. The highest BCUT2D eigenvalue weighted by molar-refractivity contribution is 5.68. The smallest absolute Gasteiger partial charge is 0.270 e. The minimum absolute atomic E-state index is 0.218. The Morgan fingerprint density at radius 3 is 2.60 bits per heavy atom. The second-order valence-corrected chi connectivity index (χ2v) is 5.29. The van der Waals surface area contributed by atoms with Crippen molar-refractivity contribution in [1.82, 2.24) is 4.98 Å². The predicted octanol–water partition coefficient (Wildman–Crippen LogP) is 5.80. The van der Waals surface area contributed by atoms with Gasteiger partial charge in [-0.3, -0.25) is 0 Å². The van der Waals surface area contributed by atoms with Gasteiger partial charge in [-0.2, -0.15) is 0 Å². The van der Waals surface area contributed by atoms with Crippen LogP contribution < -0.4 is 4.90 Å². The van der Waals surface area contributed by atoms with Gasteiger partial charge in [0.2, 0.25) is 0 Å². The summed E-state index contributed by atoms with van der Waals surface area (Å²) in [6, 6.07) is 6.68. The normalized spacial score (nSPS) is 11.2. The van der Waals surface area contributed by atoms with Crippen LogP contribution in [0.4, 0.5) is 19.0 Å². The average molecular weight is 342 g/mol. The molecule has 2 nitrogen and oxygen atoms in total. The Labute approximate surface area is 144 Å². The van der Waals surface area contributed by atoms with E-state index in [4.69, 9.17) is 0 Å². The molecule has 0 aliphatic carbocycles. The maximum absolute atomic E-state index is 14.3. The van der Waals surface area contributed by atoms with E-state index in [9.17, 15) is 13.2 Å². The van der Waals surface area contributed by atoms with Crippen LogP contribution in [0, 0.1) is 5.82 Å². The standard InChI is InChI=1S/C20H17F3N2/c1-4-6-7-12-25(5-2)19-13-15(10-11-24-19)17-9-8-16(14-18(17)21)20(3,22)23/h5-14H,1-2H2,3H3/b12-7-. The summed E-state index contributed by atoms with van der Waals surface area (Å²) < 4.78 is 40.9. The van der Waals surface area contributed by atoms with Gasteiger partial charge in [0, 0.05) is 36.6 Å². The van der Waals surface area contributed by atoms with E-state index in [0.29, 0.717) is 11.4 Å². The monoisotopic (exact) mass is 342 g/mol. The third kappa shape index (κ3) is 4.49. The summed E-state index contributed by atoms with van der Waals surface area (Å²) >= 11 is 0. The lowest BCUT2D eigenvalue weighted by molar-refractivity contribution is 0.0172. The molecule has 0 atom stereocenters. The van der Waals surface area contributed by atoms with Crippen LogP contribution in [0.2, 0.25) is 0 Å². The molecule has 2 rings (SSSR count). The number of allylic oxidation sites excluding steroid dienone is 2. The Hall–Kier alpha value is -3.04. The van der Waals surface area contributed by atoms with Gasteiger partial charge in [-0.1, -0.05) is 25.3 Å². The molecular weight excluding hydrogens is 325 g/mol.